The van der Waals surface area contributed by atoms with Crippen molar-refractivity contribution in [2.75, 3.05) is 31.9 Å². The zero-order valence-corrected chi connectivity index (χ0v) is 16.8. The van der Waals surface area contributed by atoms with Gasteiger partial charge >= 0.3 is 6.61 Å². The van der Waals surface area contributed by atoms with Crippen LogP contribution in [0.4, 0.5) is 8.78 Å². The quantitative estimate of drug-likeness (QED) is 0.614. The van der Waals surface area contributed by atoms with E-state index in [-0.39, 0.29) is 40.3 Å². The fraction of sp³-hybridized carbons (Fsp3) is 0.474. The molecule has 160 valence electrons. The Hall–Kier alpha value is -2.69. The van der Waals surface area contributed by atoms with Gasteiger partial charge in [-0.3, -0.25) is 9.59 Å². The molecule has 0 atom stereocenters. The number of alkyl halides is 2. The minimum atomic E-state index is -2.89. The predicted molar refractivity (Wildman–Crippen MR) is 103 cm³/mol. The summed E-state index contributed by atoms with van der Waals surface area (Å²) in [5.74, 6) is 0.769. The summed E-state index contributed by atoms with van der Waals surface area (Å²) in [6, 6.07) is 5.84. The van der Waals surface area contributed by atoms with E-state index in [0.29, 0.717) is 31.7 Å². The van der Waals surface area contributed by atoms with Gasteiger partial charge in [-0.2, -0.15) is 8.78 Å². The molecule has 1 aliphatic heterocycles. The highest BCUT2D eigenvalue weighted by Gasteiger charge is 2.35. The standard InChI is InChI=1S/C19H20F2N4O4S/c20-18(21)28-14-5-3-12(4-6-14)16-22-23-19(29-16)30-11-15(26)24-7-9-25(10-8-24)17(27)13-1-2-13/h3-6,13,18H,1-2,7-11H2. The van der Waals surface area contributed by atoms with Crippen LogP contribution in [0.2, 0.25) is 0 Å². The summed E-state index contributed by atoms with van der Waals surface area (Å²) in [4.78, 5) is 28.1. The molecule has 1 aromatic carbocycles. The Balaban J connectivity index is 1.25. The van der Waals surface area contributed by atoms with Gasteiger partial charge in [0.2, 0.25) is 17.7 Å². The molecular weight excluding hydrogens is 418 g/mol. The lowest BCUT2D eigenvalue weighted by molar-refractivity contribution is -0.139. The third-order valence-corrected chi connectivity index (χ3v) is 5.73. The van der Waals surface area contributed by atoms with Crippen molar-refractivity contribution in [3.8, 4) is 17.2 Å². The third kappa shape index (κ3) is 5.07. The molecule has 2 amide bonds. The zero-order chi connectivity index (χ0) is 21.1. The number of halogens is 2. The van der Waals surface area contributed by atoms with Crippen LogP contribution in [0.25, 0.3) is 11.5 Å². The molecule has 0 spiro atoms. The smallest absolute Gasteiger partial charge is 0.387 e. The van der Waals surface area contributed by atoms with Crippen molar-refractivity contribution in [1.82, 2.24) is 20.0 Å². The molecule has 8 nitrogen and oxygen atoms in total. The van der Waals surface area contributed by atoms with Crippen LogP contribution in [-0.2, 0) is 9.59 Å². The number of carbonyl (C=O) groups excluding carboxylic acids is 2. The number of hydrogen-bond donors (Lipinski definition) is 0. The highest BCUT2D eigenvalue weighted by atomic mass is 32.2. The first kappa shape index (κ1) is 20.6. The number of rotatable bonds is 7. The molecule has 1 saturated carbocycles. The van der Waals surface area contributed by atoms with Crippen molar-refractivity contribution in [3.63, 3.8) is 0 Å². The molecule has 2 aromatic rings. The lowest BCUT2D eigenvalue weighted by Gasteiger charge is -2.34. The minimum Gasteiger partial charge on any atom is -0.435 e. The van der Waals surface area contributed by atoms with Gasteiger partial charge in [0.15, 0.2) is 0 Å². The van der Waals surface area contributed by atoms with Gasteiger partial charge in [0.05, 0.1) is 5.75 Å². The van der Waals surface area contributed by atoms with Crippen LogP contribution >= 0.6 is 11.8 Å². The van der Waals surface area contributed by atoms with Gasteiger partial charge in [0.1, 0.15) is 5.75 Å². The summed E-state index contributed by atoms with van der Waals surface area (Å²) in [5, 5.41) is 8.08. The number of benzene rings is 1. The number of nitrogens with zero attached hydrogens (tertiary/aromatic N) is 4. The van der Waals surface area contributed by atoms with Gasteiger partial charge in [0, 0.05) is 37.7 Å². The maximum Gasteiger partial charge on any atom is 0.387 e. The largest absolute Gasteiger partial charge is 0.435 e. The van der Waals surface area contributed by atoms with Crippen LogP contribution in [0.1, 0.15) is 12.8 Å². The molecule has 1 saturated heterocycles. The van der Waals surface area contributed by atoms with E-state index >= 15 is 0 Å². The van der Waals surface area contributed by atoms with E-state index in [4.69, 9.17) is 4.42 Å². The first-order chi connectivity index (χ1) is 14.5. The fourth-order valence-electron chi connectivity index (χ4n) is 3.14. The Labute approximate surface area is 175 Å². The topological polar surface area (TPSA) is 88.8 Å². The van der Waals surface area contributed by atoms with Crippen LogP contribution in [-0.4, -0.2) is 70.4 Å². The second-order valence-corrected chi connectivity index (χ2v) is 7.97. The van der Waals surface area contributed by atoms with Crippen molar-refractivity contribution in [2.24, 2.45) is 5.92 Å². The second kappa shape index (κ2) is 8.99. The van der Waals surface area contributed by atoms with Gasteiger partial charge < -0.3 is 19.0 Å². The van der Waals surface area contributed by atoms with Crippen LogP contribution in [0.15, 0.2) is 33.9 Å². The number of piperazine rings is 1. The number of hydrogen-bond acceptors (Lipinski definition) is 7. The number of carbonyl (C=O) groups is 2. The van der Waals surface area contributed by atoms with Crippen molar-refractivity contribution < 1.29 is 27.5 Å². The molecule has 2 aliphatic rings. The highest BCUT2D eigenvalue weighted by molar-refractivity contribution is 7.99. The van der Waals surface area contributed by atoms with Gasteiger partial charge in [-0.1, -0.05) is 11.8 Å². The highest BCUT2D eigenvalue weighted by Crippen LogP contribution is 2.31. The molecule has 0 N–H and O–H groups in total. The Morgan fingerprint density at radius 2 is 1.77 bits per heavy atom. The zero-order valence-electron chi connectivity index (χ0n) is 16.0. The van der Waals surface area contributed by atoms with E-state index in [1.165, 1.54) is 24.3 Å². The number of ether oxygens (including phenoxy) is 1. The predicted octanol–water partition coefficient (Wildman–Crippen LogP) is 2.51. The maximum absolute atomic E-state index is 12.4. The SMILES string of the molecule is O=C(CSc1nnc(-c2ccc(OC(F)F)cc2)o1)N1CCN(C(=O)C2CC2)CC1. The van der Waals surface area contributed by atoms with E-state index in [0.717, 1.165) is 24.6 Å². The van der Waals surface area contributed by atoms with E-state index < -0.39 is 6.61 Å². The average Bonchev–Trinajstić information content (AvgIpc) is 3.49. The molecule has 0 bridgehead atoms. The second-order valence-electron chi connectivity index (χ2n) is 7.05. The lowest BCUT2D eigenvalue weighted by Crippen LogP contribution is -2.51. The number of aromatic nitrogens is 2. The molecular formula is C19H20F2N4O4S. The van der Waals surface area contributed by atoms with Gasteiger partial charge in [-0.15, -0.1) is 10.2 Å². The summed E-state index contributed by atoms with van der Waals surface area (Å²) in [5.41, 5.74) is 0.554. The van der Waals surface area contributed by atoms with Crippen LogP contribution in [0.5, 0.6) is 5.75 Å². The maximum atomic E-state index is 12.4. The Morgan fingerprint density at radius 1 is 1.10 bits per heavy atom. The molecule has 4 rings (SSSR count). The van der Waals surface area contributed by atoms with E-state index in [2.05, 4.69) is 14.9 Å². The summed E-state index contributed by atoms with van der Waals surface area (Å²) < 4.78 is 34.3. The van der Waals surface area contributed by atoms with E-state index in [1.54, 1.807) is 4.90 Å². The fourth-order valence-corrected chi connectivity index (χ4v) is 3.81. The molecule has 0 unspecified atom stereocenters. The van der Waals surface area contributed by atoms with Crippen molar-refractivity contribution in [1.29, 1.82) is 0 Å². The van der Waals surface area contributed by atoms with Crippen LogP contribution < -0.4 is 4.74 Å². The van der Waals surface area contributed by atoms with Crippen molar-refractivity contribution >= 4 is 23.6 Å². The van der Waals surface area contributed by atoms with Crippen molar-refractivity contribution in [3.05, 3.63) is 24.3 Å². The summed E-state index contributed by atoms with van der Waals surface area (Å²) >= 11 is 1.14. The molecule has 2 heterocycles. The summed E-state index contributed by atoms with van der Waals surface area (Å²) in [6.45, 7) is -0.690. The van der Waals surface area contributed by atoms with E-state index in [1.807, 2.05) is 4.90 Å². The van der Waals surface area contributed by atoms with Crippen LogP contribution in [0.3, 0.4) is 0 Å². The number of thioether (sulfide) groups is 1. The number of amides is 2. The minimum absolute atomic E-state index is 0.0346. The van der Waals surface area contributed by atoms with Crippen molar-refractivity contribution in [2.45, 2.75) is 24.7 Å². The first-order valence-electron chi connectivity index (χ1n) is 9.57. The lowest BCUT2D eigenvalue weighted by atomic mass is 10.2. The normalized spacial score (nSPS) is 16.8. The molecule has 11 heteroatoms. The molecule has 2 fully saturated rings. The van der Waals surface area contributed by atoms with Gasteiger partial charge in [-0.05, 0) is 37.1 Å². The van der Waals surface area contributed by atoms with E-state index in [9.17, 15) is 18.4 Å². The van der Waals surface area contributed by atoms with Crippen LogP contribution in [0, 0.1) is 5.92 Å². The Kier molecular flexibility index (Phi) is 6.16. The molecule has 30 heavy (non-hydrogen) atoms. The first-order valence-corrected chi connectivity index (χ1v) is 10.6. The summed E-state index contributed by atoms with van der Waals surface area (Å²) in [6.07, 6.45) is 1.96. The Morgan fingerprint density at radius 3 is 2.40 bits per heavy atom. The summed E-state index contributed by atoms with van der Waals surface area (Å²) in [7, 11) is 0. The molecule has 1 aliphatic carbocycles. The average molecular weight is 438 g/mol. The third-order valence-electron chi connectivity index (χ3n) is 4.92. The van der Waals surface area contributed by atoms with Gasteiger partial charge in [0.25, 0.3) is 5.22 Å². The molecule has 0 radical (unpaired) electrons. The molecule has 1 aromatic heterocycles. The Bertz CT molecular complexity index is 896. The van der Waals surface area contributed by atoms with Gasteiger partial charge in [-0.25, -0.2) is 0 Å². The monoisotopic (exact) mass is 438 g/mol.